The Morgan fingerprint density at radius 3 is 1.96 bits per heavy atom. The molecule has 0 bridgehead atoms. The van der Waals surface area contributed by atoms with E-state index in [1.54, 1.807) is 49.4 Å². The molecule has 0 aromatic heterocycles. The lowest BCUT2D eigenvalue weighted by molar-refractivity contribution is -0.138. The van der Waals surface area contributed by atoms with Crippen molar-refractivity contribution in [2.75, 3.05) is 21.3 Å². The molecule has 0 aliphatic carbocycles. The first-order chi connectivity index (χ1) is 13.4. The number of carbonyl (C=O) groups excluding carboxylic acids is 1. The number of allylic oxidation sites excluding steroid dienone is 1. The van der Waals surface area contributed by atoms with Gasteiger partial charge >= 0.3 is 11.9 Å². The van der Waals surface area contributed by atoms with Crippen LogP contribution < -0.4 is 9.47 Å². The maximum Gasteiger partial charge on any atom is 0.339 e. The standard InChI is InChI=1S/C22H22O6/c1-14(16-11-17(26-2)13-18(12-16)27-3)20(22(25)28-4)19(21(23)24)10-15-8-6-5-7-9-15/h5-13H,1-4H3,(H,23,24). The van der Waals surface area contributed by atoms with Gasteiger partial charge in [0.1, 0.15) is 11.5 Å². The molecule has 28 heavy (non-hydrogen) atoms. The lowest BCUT2D eigenvalue weighted by Crippen LogP contribution is -2.15. The minimum atomic E-state index is -1.24. The Hall–Kier alpha value is -3.54. The molecule has 0 atom stereocenters. The van der Waals surface area contributed by atoms with Crippen molar-refractivity contribution < 1.29 is 28.9 Å². The molecule has 6 nitrogen and oxygen atoms in total. The van der Waals surface area contributed by atoms with E-state index in [4.69, 9.17) is 14.2 Å². The van der Waals surface area contributed by atoms with E-state index in [9.17, 15) is 14.7 Å². The molecule has 0 aliphatic heterocycles. The summed E-state index contributed by atoms with van der Waals surface area (Å²) in [6, 6.07) is 14.0. The van der Waals surface area contributed by atoms with Crippen LogP contribution in [0.25, 0.3) is 11.6 Å². The van der Waals surface area contributed by atoms with Gasteiger partial charge in [-0.05, 0) is 41.8 Å². The highest BCUT2D eigenvalue weighted by Crippen LogP contribution is 2.31. The molecule has 6 heteroatoms. The Balaban J connectivity index is 2.75. The first-order valence-electron chi connectivity index (χ1n) is 8.44. The smallest absolute Gasteiger partial charge is 0.339 e. The maximum absolute atomic E-state index is 12.5. The predicted molar refractivity (Wildman–Crippen MR) is 106 cm³/mol. The van der Waals surface area contributed by atoms with Gasteiger partial charge < -0.3 is 19.3 Å². The first-order valence-corrected chi connectivity index (χ1v) is 8.44. The molecular weight excluding hydrogens is 360 g/mol. The molecule has 2 aromatic rings. The molecule has 0 aliphatic rings. The normalized spacial score (nSPS) is 12.1. The van der Waals surface area contributed by atoms with E-state index in [0.717, 1.165) is 0 Å². The van der Waals surface area contributed by atoms with Gasteiger partial charge in [-0.1, -0.05) is 30.3 Å². The molecule has 0 spiro atoms. The third-order valence-electron chi connectivity index (χ3n) is 4.16. The second-order valence-electron chi connectivity index (χ2n) is 5.87. The lowest BCUT2D eigenvalue weighted by atomic mass is 9.94. The highest BCUT2D eigenvalue weighted by Gasteiger charge is 2.25. The minimum Gasteiger partial charge on any atom is -0.497 e. The summed E-state index contributed by atoms with van der Waals surface area (Å²) in [5, 5.41) is 9.79. The molecule has 0 radical (unpaired) electrons. The van der Waals surface area contributed by atoms with Crippen molar-refractivity contribution in [2.45, 2.75) is 6.92 Å². The van der Waals surface area contributed by atoms with E-state index >= 15 is 0 Å². The monoisotopic (exact) mass is 382 g/mol. The fourth-order valence-corrected chi connectivity index (χ4v) is 2.69. The second-order valence-corrected chi connectivity index (χ2v) is 5.87. The number of benzene rings is 2. The van der Waals surface area contributed by atoms with Crippen LogP contribution in [0.1, 0.15) is 18.1 Å². The number of aliphatic carboxylic acids is 1. The Morgan fingerprint density at radius 1 is 0.929 bits per heavy atom. The molecule has 0 amide bonds. The molecule has 0 unspecified atom stereocenters. The van der Waals surface area contributed by atoms with Gasteiger partial charge in [-0.2, -0.15) is 0 Å². The van der Waals surface area contributed by atoms with Crippen LogP contribution in [0.15, 0.2) is 59.7 Å². The number of esters is 1. The fraction of sp³-hybridized carbons (Fsp3) is 0.182. The third-order valence-corrected chi connectivity index (χ3v) is 4.16. The number of hydrogen-bond acceptors (Lipinski definition) is 5. The molecule has 1 N–H and O–H groups in total. The zero-order valence-electron chi connectivity index (χ0n) is 16.2. The van der Waals surface area contributed by atoms with E-state index in [2.05, 4.69) is 0 Å². The number of carbonyl (C=O) groups is 2. The van der Waals surface area contributed by atoms with Gasteiger partial charge in [-0.3, -0.25) is 0 Å². The van der Waals surface area contributed by atoms with E-state index < -0.39 is 11.9 Å². The average molecular weight is 382 g/mol. The third kappa shape index (κ3) is 4.79. The Labute approximate surface area is 163 Å². The molecule has 0 fully saturated rings. The van der Waals surface area contributed by atoms with Gasteiger partial charge in [0, 0.05) is 6.07 Å². The Bertz CT molecular complexity index is 903. The fourth-order valence-electron chi connectivity index (χ4n) is 2.69. The summed E-state index contributed by atoms with van der Waals surface area (Å²) in [5.74, 6) is -0.953. The van der Waals surface area contributed by atoms with E-state index in [1.807, 2.05) is 6.07 Å². The predicted octanol–water partition coefficient (Wildman–Crippen LogP) is 3.82. The SMILES string of the molecule is COC(=O)C(C(=Cc1ccccc1)C(=O)O)=C(C)c1cc(OC)cc(OC)c1. The molecule has 2 aromatic carbocycles. The van der Waals surface area contributed by atoms with Crippen molar-refractivity contribution >= 4 is 23.6 Å². The zero-order valence-corrected chi connectivity index (χ0v) is 16.2. The number of ether oxygens (including phenoxy) is 3. The van der Waals surface area contributed by atoms with Crippen LogP contribution in [-0.4, -0.2) is 38.4 Å². The van der Waals surface area contributed by atoms with Crippen LogP contribution in [0.3, 0.4) is 0 Å². The van der Waals surface area contributed by atoms with Crippen LogP contribution in [0.4, 0.5) is 0 Å². The summed E-state index contributed by atoms with van der Waals surface area (Å²) < 4.78 is 15.4. The van der Waals surface area contributed by atoms with Gasteiger partial charge in [0.25, 0.3) is 0 Å². The van der Waals surface area contributed by atoms with E-state index in [0.29, 0.717) is 28.2 Å². The quantitative estimate of drug-likeness (QED) is 0.445. The van der Waals surface area contributed by atoms with Gasteiger partial charge in [-0.25, -0.2) is 9.59 Å². The van der Waals surface area contributed by atoms with Crippen LogP contribution in [0, 0.1) is 0 Å². The van der Waals surface area contributed by atoms with Gasteiger partial charge in [0.15, 0.2) is 0 Å². The zero-order chi connectivity index (χ0) is 20.7. The topological polar surface area (TPSA) is 82.1 Å². The summed E-state index contributed by atoms with van der Waals surface area (Å²) in [6.07, 6.45) is 1.44. The molecule has 2 rings (SSSR count). The highest BCUT2D eigenvalue weighted by atomic mass is 16.5. The summed E-state index contributed by atoms with van der Waals surface area (Å²) in [4.78, 5) is 24.5. The summed E-state index contributed by atoms with van der Waals surface area (Å²) in [6.45, 7) is 1.65. The minimum absolute atomic E-state index is 0.0471. The number of hydrogen-bond donors (Lipinski definition) is 1. The largest absolute Gasteiger partial charge is 0.497 e. The van der Waals surface area contributed by atoms with Gasteiger partial charge in [-0.15, -0.1) is 0 Å². The van der Waals surface area contributed by atoms with Crippen LogP contribution >= 0.6 is 0 Å². The molecule has 0 heterocycles. The summed E-state index contributed by atoms with van der Waals surface area (Å²) >= 11 is 0. The van der Waals surface area contributed by atoms with Crippen molar-refractivity contribution in [1.82, 2.24) is 0 Å². The van der Waals surface area contributed by atoms with E-state index in [1.165, 1.54) is 27.4 Å². The Kier molecular flexibility index (Phi) is 6.98. The summed E-state index contributed by atoms with van der Waals surface area (Å²) in [5.41, 5.74) is 1.44. The maximum atomic E-state index is 12.5. The average Bonchev–Trinajstić information content (AvgIpc) is 2.72. The van der Waals surface area contributed by atoms with Crippen molar-refractivity contribution in [2.24, 2.45) is 0 Å². The van der Waals surface area contributed by atoms with Crippen LogP contribution in [-0.2, 0) is 14.3 Å². The number of carboxylic acids is 1. The van der Waals surface area contributed by atoms with Gasteiger partial charge in [0.2, 0.25) is 0 Å². The number of carboxylic acid groups (broad SMARTS) is 1. The van der Waals surface area contributed by atoms with Crippen LogP contribution in [0.2, 0.25) is 0 Å². The lowest BCUT2D eigenvalue weighted by Gasteiger charge is -2.14. The molecular formula is C22H22O6. The molecule has 0 saturated heterocycles. The van der Waals surface area contributed by atoms with Crippen molar-refractivity contribution in [3.63, 3.8) is 0 Å². The van der Waals surface area contributed by atoms with Crippen LogP contribution in [0.5, 0.6) is 11.5 Å². The highest BCUT2D eigenvalue weighted by molar-refractivity contribution is 6.14. The molecule has 0 saturated carbocycles. The van der Waals surface area contributed by atoms with E-state index in [-0.39, 0.29) is 11.1 Å². The first kappa shape index (κ1) is 20.8. The number of rotatable bonds is 7. The molecule has 146 valence electrons. The second kappa shape index (κ2) is 9.41. The van der Waals surface area contributed by atoms with Crippen molar-refractivity contribution in [1.29, 1.82) is 0 Å². The Morgan fingerprint density at radius 2 is 1.50 bits per heavy atom. The summed E-state index contributed by atoms with van der Waals surface area (Å²) in [7, 11) is 4.23. The number of methoxy groups -OCH3 is 3. The van der Waals surface area contributed by atoms with Crippen molar-refractivity contribution in [3.05, 3.63) is 70.8 Å². The van der Waals surface area contributed by atoms with Crippen molar-refractivity contribution in [3.8, 4) is 11.5 Å². The van der Waals surface area contributed by atoms with Gasteiger partial charge in [0.05, 0.1) is 32.5 Å².